The van der Waals surface area contributed by atoms with Crippen LogP contribution in [-0.2, 0) is 19.3 Å². The highest BCUT2D eigenvalue weighted by Crippen LogP contribution is 2.34. The van der Waals surface area contributed by atoms with Crippen molar-refractivity contribution in [3.63, 3.8) is 0 Å². The van der Waals surface area contributed by atoms with E-state index in [-0.39, 0.29) is 10.9 Å². The van der Waals surface area contributed by atoms with Gasteiger partial charge in [-0.05, 0) is 31.2 Å². The maximum atomic E-state index is 12.9. The van der Waals surface area contributed by atoms with Crippen LogP contribution in [0, 0.1) is 12.7 Å². The lowest BCUT2D eigenvalue weighted by Gasteiger charge is -2.03. The molecular formula is C13H14FN3O5S2. The van der Waals surface area contributed by atoms with Crippen molar-refractivity contribution in [1.82, 2.24) is 9.71 Å². The largest absolute Gasteiger partial charge is 0.445 e. The van der Waals surface area contributed by atoms with Gasteiger partial charge in [0.15, 0.2) is 5.13 Å². The van der Waals surface area contributed by atoms with Gasteiger partial charge in [0.25, 0.3) is 5.91 Å². The van der Waals surface area contributed by atoms with Gasteiger partial charge in [-0.3, -0.25) is 10.1 Å². The lowest BCUT2D eigenvalue weighted by molar-refractivity contribution is -0.118. The van der Waals surface area contributed by atoms with Crippen LogP contribution >= 0.6 is 11.3 Å². The molecule has 11 heteroatoms. The first-order valence-electron chi connectivity index (χ1n) is 6.57. The molecular weight excluding hydrogens is 361 g/mol. The van der Waals surface area contributed by atoms with Crippen molar-refractivity contribution in [2.75, 3.05) is 19.0 Å². The summed E-state index contributed by atoms with van der Waals surface area (Å²) in [6.07, 6.45) is 0. The summed E-state index contributed by atoms with van der Waals surface area (Å²) in [5.41, 5.74) is 0.517. The number of thiazole rings is 1. The highest BCUT2D eigenvalue weighted by molar-refractivity contribution is 7.84. The molecule has 0 aliphatic carbocycles. The van der Waals surface area contributed by atoms with Crippen molar-refractivity contribution in [2.45, 2.75) is 6.92 Å². The zero-order chi connectivity index (χ0) is 17.7. The van der Waals surface area contributed by atoms with Crippen molar-refractivity contribution in [3.8, 4) is 10.8 Å². The molecule has 0 fully saturated rings. The number of hydrogen-bond donors (Lipinski definition) is 2. The van der Waals surface area contributed by atoms with Gasteiger partial charge in [-0.2, -0.15) is 13.1 Å². The zero-order valence-electron chi connectivity index (χ0n) is 12.7. The SMILES string of the molecule is CNS(=O)(=O)OCC(=O)Nc1nc(C)c(Oc2ccc(F)cc2)s1. The standard InChI is InChI=1S/C13H14FN3O5S2/c1-8-12(22-10-5-3-9(14)4-6-10)23-13(16-8)17-11(18)7-21-24(19,20)15-2/h3-6,15H,7H2,1-2H3,(H,16,17,18). The average Bonchev–Trinajstić information content (AvgIpc) is 2.87. The van der Waals surface area contributed by atoms with Crippen LogP contribution < -0.4 is 14.8 Å². The Morgan fingerprint density at radius 3 is 2.62 bits per heavy atom. The van der Waals surface area contributed by atoms with Crippen molar-refractivity contribution in [2.24, 2.45) is 0 Å². The van der Waals surface area contributed by atoms with Gasteiger partial charge in [-0.1, -0.05) is 11.3 Å². The molecule has 0 saturated carbocycles. The Labute approximate surface area is 141 Å². The second-order valence-electron chi connectivity index (χ2n) is 4.42. The number of nitrogens with one attached hydrogen (secondary N) is 2. The van der Waals surface area contributed by atoms with E-state index >= 15 is 0 Å². The maximum absolute atomic E-state index is 12.9. The molecule has 0 atom stereocenters. The molecule has 2 aromatic rings. The Balaban J connectivity index is 1.98. The topological polar surface area (TPSA) is 107 Å². The maximum Gasteiger partial charge on any atom is 0.336 e. The smallest absolute Gasteiger partial charge is 0.336 e. The van der Waals surface area contributed by atoms with Crippen molar-refractivity contribution >= 4 is 32.7 Å². The van der Waals surface area contributed by atoms with Crippen LogP contribution in [0.2, 0.25) is 0 Å². The second-order valence-corrected chi connectivity index (χ2v) is 6.93. The summed E-state index contributed by atoms with van der Waals surface area (Å²) < 4.78 is 46.9. The fourth-order valence-corrected chi connectivity index (χ4v) is 2.72. The fourth-order valence-electron chi connectivity index (χ4n) is 1.49. The molecule has 0 spiro atoms. The van der Waals surface area contributed by atoms with Gasteiger partial charge in [0.1, 0.15) is 18.2 Å². The van der Waals surface area contributed by atoms with Crippen LogP contribution in [0.1, 0.15) is 5.69 Å². The Hall–Kier alpha value is -2.08. The Morgan fingerprint density at radius 2 is 2.00 bits per heavy atom. The minimum Gasteiger partial charge on any atom is -0.445 e. The predicted octanol–water partition coefficient (Wildman–Crippen LogP) is 1.80. The van der Waals surface area contributed by atoms with Gasteiger partial charge < -0.3 is 4.74 Å². The van der Waals surface area contributed by atoms with Crippen LogP contribution in [0.4, 0.5) is 9.52 Å². The highest BCUT2D eigenvalue weighted by atomic mass is 32.2. The number of carbonyl (C=O) groups excluding carboxylic acids is 1. The molecule has 0 aliphatic heterocycles. The number of halogens is 1. The van der Waals surface area contributed by atoms with Gasteiger partial charge >= 0.3 is 10.3 Å². The zero-order valence-corrected chi connectivity index (χ0v) is 14.3. The lowest BCUT2D eigenvalue weighted by atomic mass is 10.3. The minimum absolute atomic E-state index is 0.222. The van der Waals surface area contributed by atoms with Crippen LogP contribution in [0.3, 0.4) is 0 Å². The van der Waals surface area contributed by atoms with E-state index < -0.39 is 22.8 Å². The molecule has 1 heterocycles. The van der Waals surface area contributed by atoms with Gasteiger partial charge in [0.2, 0.25) is 5.06 Å². The quantitative estimate of drug-likeness (QED) is 0.764. The molecule has 2 rings (SSSR count). The summed E-state index contributed by atoms with van der Waals surface area (Å²) in [5, 5.41) is 3.05. The Bertz CT molecular complexity index is 821. The van der Waals surface area contributed by atoms with E-state index in [0.29, 0.717) is 16.5 Å². The number of aromatic nitrogens is 1. The lowest BCUT2D eigenvalue weighted by Crippen LogP contribution is -2.27. The van der Waals surface area contributed by atoms with Crippen LogP contribution in [0.5, 0.6) is 10.8 Å². The fraction of sp³-hybridized carbons (Fsp3) is 0.231. The minimum atomic E-state index is -3.94. The predicted molar refractivity (Wildman–Crippen MR) is 85.9 cm³/mol. The molecule has 1 aromatic carbocycles. The number of aryl methyl sites for hydroxylation is 1. The van der Waals surface area contributed by atoms with Crippen molar-refractivity contribution < 1.29 is 26.5 Å². The molecule has 2 N–H and O–H groups in total. The third-order valence-corrected chi connectivity index (χ3v) is 4.50. The number of nitrogens with zero attached hydrogens (tertiary/aromatic N) is 1. The number of ether oxygens (including phenoxy) is 1. The summed E-state index contributed by atoms with van der Waals surface area (Å²) in [5.74, 6) is -0.645. The molecule has 1 aromatic heterocycles. The van der Waals surface area contributed by atoms with Gasteiger partial charge in [-0.15, -0.1) is 0 Å². The van der Waals surface area contributed by atoms with E-state index in [1.807, 2.05) is 4.72 Å². The van der Waals surface area contributed by atoms with E-state index in [1.165, 1.54) is 24.3 Å². The summed E-state index contributed by atoms with van der Waals surface area (Å²) >= 11 is 1.05. The summed E-state index contributed by atoms with van der Waals surface area (Å²) in [4.78, 5) is 15.7. The van der Waals surface area contributed by atoms with Gasteiger partial charge in [0.05, 0.1) is 5.69 Å². The number of benzene rings is 1. The van der Waals surface area contributed by atoms with E-state index in [4.69, 9.17) is 4.74 Å². The number of carbonyl (C=O) groups is 1. The number of amides is 1. The molecule has 0 radical (unpaired) electrons. The first kappa shape index (κ1) is 18.3. The third kappa shape index (κ3) is 5.23. The van der Waals surface area contributed by atoms with E-state index in [0.717, 1.165) is 18.4 Å². The molecule has 0 saturated heterocycles. The van der Waals surface area contributed by atoms with Crippen molar-refractivity contribution in [3.05, 3.63) is 35.8 Å². The Kier molecular flexibility index (Phi) is 5.83. The van der Waals surface area contributed by atoms with Crippen molar-refractivity contribution in [1.29, 1.82) is 0 Å². The molecule has 0 aliphatic rings. The van der Waals surface area contributed by atoms with E-state index in [2.05, 4.69) is 14.5 Å². The van der Waals surface area contributed by atoms with Crippen LogP contribution in [0.25, 0.3) is 0 Å². The molecule has 0 unspecified atom stereocenters. The summed E-state index contributed by atoms with van der Waals surface area (Å²) in [6, 6.07) is 5.44. The number of hydrogen-bond acceptors (Lipinski definition) is 7. The van der Waals surface area contributed by atoms with E-state index in [1.54, 1.807) is 6.92 Å². The monoisotopic (exact) mass is 375 g/mol. The first-order chi connectivity index (χ1) is 11.3. The van der Waals surface area contributed by atoms with Crippen LogP contribution in [-0.4, -0.2) is 33.0 Å². The highest BCUT2D eigenvalue weighted by Gasteiger charge is 2.15. The molecule has 8 nitrogen and oxygen atoms in total. The van der Waals surface area contributed by atoms with Crippen LogP contribution in [0.15, 0.2) is 24.3 Å². The molecule has 1 amide bonds. The van der Waals surface area contributed by atoms with Gasteiger partial charge in [0, 0.05) is 7.05 Å². The van der Waals surface area contributed by atoms with Gasteiger partial charge in [-0.25, -0.2) is 13.6 Å². The second kappa shape index (κ2) is 7.66. The summed E-state index contributed by atoms with van der Waals surface area (Å²) in [7, 11) is -2.77. The number of rotatable bonds is 7. The summed E-state index contributed by atoms with van der Waals surface area (Å²) in [6.45, 7) is 0.989. The normalized spacial score (nSPS) is 11.3. The van der Waals surface area contributed by atoms with E-state index in [9.17, 15) is 17.6 Å². The first-order valence-corrected chi connectivity index (χ1v) is 8.80. The molecule has 0 bridgehead atoms. The average molecular weight is 375 g/mol. The molecule has 24 heavy (non-hydrogen) atoms. The molecule has 130 valence electrons. The Morgan fingerprint density at radius 1 is 1.33 bits per heavy atom. The third-order valence-electron chi connectivity index (χ3n) is 2.62. The number of anilines is 1.